The van der Waals surface area contributed by atoms with Crippen LogP contribution in [0.25, 0.3) is 5.69 Å². The summed E-state index contributed by atoms with van der Waals surface area (Å²) in [4.78, 5) is 12.5. The van der Waals surface area contributed by atoms with E-state index >= 15 is 0 Å². The third-order valence-corrected chi connectivity index (χ3v) is 4.88. The van der Waals surface area contributed by atoms with Crippen molar-refractivity contribution < 1.29 is 18.0 Å². The molecule has 0 unspecified atom stereocenters. The molecule has 2 N–H and O–H groups in total. The number of halogens is 5. The fourth-order valence-electron chi connectivity index (χ4n) is 2.69. The molecule has 0 radical (unpaired) electrons. The lowest BCUT2D eigenvalue weighted by molar-refractivity contribution is -0.137. The lowest BCUT2D eigenvalue weighted by atomic mass is 9.92. The summed E-state index contributed by atoms with van der Waals surface area (Å²) in [7, 11) is 0. The highest BCUT2D eigenvalue weighted by Crippen LogP contribution is 2.35. The Kier molecular flexibility index (Phi) is 6.25. The third-order valence-electron chi connectivity index (χ3n) is 4.32. The van der Waals surface area contributed by atoms with Gasteiger partial charge in [0.1, 0.15) is 5.82 Å². The van der Waals surface area contributed by atoms with Crippen LogP contribution in [0.5, 0.6) is 0 Å². The number of hydrogen-bond acceptors (Lipinski definition) is 2. The van der Waals surface area contributed by atoms with Gasteiger partial charge in [0.25, 0.3) is 0 Å². The highest BCUT2D eigenvalue weighted by Gasteiger charge is 2.31. The summed E-state index contributed by atoms with van der Waals surface area (Å²) in [6, 6.07) is 10.6. The summed E-state index contributed by atoms with van der Waals surface area (Å²) in [5.74, 6) is 0.248. The molecule has 3 aromatic rings. The minimum Gasteiger partial charge on any atom is -0.308 e. The number of nitrogens with zero attached hydrogens (tertiary/aromatic N) is 2. The van der Waals surface area contributed by atoms with Gasteiger partial charge in [0.05, 0.1) is 22.0 Å². The number of amides is 2. The molecule has 0 aliphatic carbocycles. The number of benzene rings is 2. The molecule has 0 spiro atoms. The van der Waals surface area contributed by atoms with Crippen molar-refractivity contribution in [3.63, 3.8) is 0 Å². The Hall–Kier alpha value is -2.71. The van der Waals surface area contributed by atoms with E-state index in [1.54, 1.807) is 30.3 Å². The molecule has 0 bridgehead atoms. The molecule has 3 rings (SSSR count). The topological polar surface area (TPSA) is 59.0 Å². The summed E-state index contributed by atoms with van der Waals surface area (Å²) in [5.41, 5.74) is 0.0698. The Morgan fingerprint density at radius 1 is 0.968 bits per heavy atom. The van der Waals surface area contributed by atoms with Crippen LogP contribution < -0.4 is 10.6 Å². The fraction of sp³-hybridized carbons (Fsp3) is 0.238. The molecule has 0 saturated heterocycles. The predicted octanol–water partition coefficient (Wildman–Crippen LogP) is 7.14. The number of carbonyl (C=O) groups excluding carboxylic acids is 1. The van der Waals surface area contributed by atoms with E-state index in [0.29, 0.717) is 16.4 Å². The summed E-state index contributed by atoms with van der Waals surface area (Å²) < 4.78 is 40.3. The van der Waals surface area contributed by atoms with Gasteiger partial charge >= 0.3 is 12.2 Å². The standard InChI is InChI=1S/C21H19Cl2F3N4O/c1-20(2,3)17-11-18(28-19(31)27-14-7-5-13(22)6-8-14)30(29-17)16-9-4-12(10-15(16)23)21(24,25)26/h4-11H,1-3H3,(H2,27,28,31). The SMILES string of the molecule is CC(C)(C)c1cc(NC(=O)Nc2ccc(Cl)cc2)n(-c2ccc(C(F)(F)F)cc2Cl)n1. The zero-order chi connectivity index (χ0) is 23.0. The number of aromatic nitrogens is 2. The van der Waals surface area contributed by atoms with Gasteiger partial charge in [0.15, 0.2) is 0 Å². The highest BCUT2D eigenvalue weighted by molar-refractivity contribution is 6.32. The Labute approximate surface area is 187 Å². The molecule has 2 aromatic carbocycles. The maximum atomic E-state index is 13.0. The largest absolute Gasteiger partial charge is 0.416 e. The van der Waals surface area contributed by atoms with Crippen molar-refractivity contribution in [1.82, 2.24) is 9.78 Å². The summed E-state index contributed by atoms with van der Waals surface area (Å²) in [6.07, 6.45) is -4.53. The monoisotopic (exact) mass is 470 g/mol. The van der Waals surface area contributed by atoms with E-state index in [9.17, 15) is 18.0 Å². The van der Waals surface area contributed by atoms with Gasteiger partial charge < -0.3 is 5.32 Å². The molecule has 0 aliphatic heterocycles. The number of anilines is 2. The second-order valence-corrected chi connectivity index (χ2v) is 8.67. The van der Waals surface area contributed by atoms with Gasteiger partial charge in [0.2, 0.25) is 0 Å². The van der Waals surface area contributed by atoms with Crippen molar-refractivity contribution in [3.8, 4) is 5.69 Å². The van der Waals surface area contributed by atoms with E-state index in [1.165, 1.54) is 10.7 Å². The van der Waals surface area contributed by atoms with Crippen LogP contribution in [0.1, 0.15) is 32.0 Å². The number of nitrogens with one attached hydrogen (secondary N) is 2. The van der Waals surface area contributed by atoms with Crippen LogP contribution in [-0.4, -0.2) is 15.8 Å². The van der Waals surface area contributed by atoms with E-state index < -0.39 is 17.8 Å². The van der Waals surface area contributed by atoms with Crippen LogP contribution in [0.2, 0.25) is 10.0 Å². The van der Waals surface area contributed by atoms with E-state index in [0.717, 1.165) is 12.1 Å². The van der Waals surface area contributed by atoms with Gasteiger partial charge in [0, 0.05) is 22.2 Å². The van der Waals surface area contributed by atoms with Gasteiger partial charge in [-0.25, -0.2) is 9.48 Å². The van der Waals surface area contributed by atoms with Gasteiger partial charge in [-0.15, -0.1) is 0 Å². The first kappa shape index (κ1) is 23.0. The molecule has 10 heteroatoms. The first-order valence-electron chi connectivity index (χ1n) is 9.16. The molecular formula is C21H19Cl2F3N4O. The summed E-state index contributed by atoms with van der Waals surface area (Å²) >= 11 is 12.0. The normalized spacial score (nSPS) is 12.0. The summed E-state index contributed by atoms with van der Waals surface area (Å²) in [5, 5.41) is 10.2. The van der Waals surface area contributed by atoms with Crippen molar-refractivity contribution in [2.24, 2.45) is 0 Å². The van der Waals surface area contributed by atoms with E-state index in [1.807, 2.05) is 20.8 Å². The first-order valence-corrected chi connectivity index (χ1v) is 9.91. The van der Waals surface area contributed by atoms with Crippen LogP contribution in [0.4, 0.5) is 29.5 Å². The Balaban J connectivity index is 1.96. The van der Waals surface area contributed by atoms with Crippen LogP contribution in [-0.2, 0) is 11.6 Å². The molecule has 0 aliphatic rings. The Morgan fingerprint density at radius 3 is 2.16 bits per heavy atom. The molecule has 0 atom stereocenters. The third kappa shape index (κ3) is 5.51. The van der Waals surface area contributed by atoms with Crippen molar-refractivity contribution >= 4 is 40.7 Å². The summed E-state index contributed by atoms with van der Waals surface area (Å²) in [6.45, 7) is 5.77. The number of urea groups is 1. The highest BCUT2D eigenvalue weighted by atomic mass is 35.5. The van der Waals surface area contributed by atoms with E-state index in [-0.39, 0.29) is 21.9 Å². The fourth-order valence-corrected chi connectivity index (χ4v) is 3.07. The first-order chi connectivity index (χ1) is 14.3. The average molecular weight is 471 g/mol. The zero-order valence-corrected chi connectivity index (χ0v) is 18.3. The minimum absolute atomic E-state index is 0.153. The van der Waals surface area contributed by atoms with Crippen LogP contribution in [0.15, 0.2) is 48.5 Å². The number of carbonyl (C=O) groups is 1. The second kappa shape index (κ2) is 8.43. The van der Waals surface area contributed by atoms with Gasteiger partial charge in [-0.3, -0.25) is 5.32 Å². The lowest BCUT2D eigenvalue weighted by Crippen LogP contribution is -2.21. The molecule has 1 heterocycles. The van der Waals surface area contributed by atoms with Crippen molar-refractivity contribution in [2.45, 2.75) is 32.4 Å². The smallest absolute Gasteiger partial charge is 0.308 e. The van der Waals surface area contributed by atoms with Crippen LogP contribution >= 0.6 is 23.2 Å². The predicted molar refractivity (Wildman–Crippen MR) is 116 cm³/mol. The van der Waals surface area contributed by atoms with Crippen molar-refractivity contribution in [3.05, 3.63) is 69.8 Å². The second-order valence-electron chi connectivity index (χ2n) is 7.83. The zero-order valence-electron chi connectivity index (χ0n) is 16.8. The van der Waals surface area contributed by atoms with Gasteiger partial charge in [-0.1, -0.05) is 44.0 Å². The quantitative estimate of drug-likeness (QED) is 0.427. The minimum atomic E-state index is -4.53. The Bertz CT molecular complexity index is 1100. The molecule has 164 valence electrons. The molecular weight excluding hydrogens is 452 g/mol. The number of hydrogen-bond donors (Lipinski definition) is 2. The molecule has 2 amide bonds. The Morgan fingerprint density at radius 2 is 1.61 bits per heavy atom. The maximum absolute atomic E-state index is 13.0. The molecule has 5 nitrogen and oxygen atoms in total. The van der Waals surface area contributed by atoms with E-state index in [4.69, 9.17) is 23.2 Å². The van der Waals surface area contributed by atoms with Crippen molar-refractivity contribution in [1.29, 1.82) is 0 Å². The van der Waals surface area contributed by atoms with Gasteiger partial charge in [-0.2, -0.15) is 18.3 Å². The number of alkyl halides is 3. The average Bonchev–Trinajstić information content (AvgIpc) is 3.06. The molecule has 1 aromatic heterocycles. The van der Waals surface area contributed by atoms with Crippen molar-refractivity contribution in [2.75, 3.05) is 10.6 Å². The van der Waals surface area contributed by atoms with E-state index in [2.05, 4.69) is 15.7 Å². The van der Waals surface area contributed by atoms with Crippen LogP contribution in [0, 0.1) is 0 Å². The van der Waals surface area contributed by atoms with Crippen LogP contribution in [0.3, 0.4) is 0 Å². The molecule has 0 fully saturated rings. The lowest BCUT2D eigenvalue weighted by Gasteiger charge is -2.15. The maximum Gasteiger partial charge on any atom is 0.416 e. The van der Waals surface area contributed by atoms with Gasteiger partial charge in [-0.05, 0) is 42.5 Å². The molecule has 31 heavy (non-hydrogen) atoms. The molecule has 0 saturated carbocycles. The number of rotatable bonds is 3.